The molecular weight excluding hydrogens is 467 g/mol. The summed E-state index contributed by atoms with van der Waals surface area (Å²) in [5.74, 6) is 0.0164. The zero-order chi connectivity index (χ0) is 25.5. The van der Waals surface area contributed by atoms with Crippen LogP contribution >= 0.6 is 0 Å². The lowest BCUT2D eigenvalue weighted by molar-refractivity contribution is 0.379. The Balaban J connectivity index is 1.74. The van der Waals surface area contributed by atoms with Crippen LogP contribution in [0.5, 0.6) is 5.88 Å². The predicted octanol–water partition coefficient (Wildman–Crippen LogP) is 1.79. The van der Waals surface area contributed by atoms with E-state index in [2.05, 4.69) is 30.8 Å². The van der Waals surface area contributed by atoms with Crippen LogP contribution in [0.15, 0.2) is 28.3 Å². The van der Waals surface area contributed by atoms with Crippen LogP contribution in [0, 0.1) is 24.2 Å². The second-order valence-electron chi connectivity index (χ2n) is 8.33. The molecule has 1 fully saturated rings. The minimum absolute atomic E-state index is 0.00367. The summed E-state index contributed by atoms with van der Waals surface area (Å²) < 4.78 is 34.6. The molecule has 0 amide bonds. The molecule has 1 aliphatic rings. The molecule has 2 aromatic heterocycles. The highest BCUT2D eigenvalue weighted by atomic mass is 32.2. The van der Waals surface area contributed by atoms with Gasteiger partial charge < -0.3 is 9.72 Å². The number of anilines is 2. The molecule has 0 spiro atoms. The monoisotopic (exact) mass is 492 g/mol. The van der Waals surface area contributed by atoms with E-state index in [9.17, 15) is 13.7 Å². The molecule has 4 rings (SSSR count). The third-order valence-electron chi connectivity index (χ3n) is 5.76. The van der Waals surface area contributed by atoms with E-state index in [0.717, 1.165) is 5.56 Å². The van der Waals surface area contributed by atoms with Gasteiger partial charge in [-0.15, -0.1) is 0 Å². The summed E-state index contributed by atoms with van der Waals surface area (Å²) in [5.41, 5.74) is 2.73. The number of benzene rings is 1. The quantitative estimate of drug-likeness (QED) is 0.276. The number of nitrogens with one attached hydrogen (secondary N) is 2. The zero-order valence-electron chi connectivity index (χ0n) is 20.1. The Labute approximate surface area is 205 Å². The normalized spacial score (nSPS) is 17.6. The number of nitrogens with zero attached hydrogens (tertiary/aromatic N) is 6. The van der Waals surface area contributed by atoms with E-state index < -0.39 is 10.0 Å². The third-order valence-corrected chi connectivity index (χ3v) is 7.13. The van der Waals surface area contributed by atoms with E-state index in [1.54, 1.807) is 56.4 Å². The van der Waals surface area contributed by atoms with Crippen molar-refractivity contribution in [1.82, 2.24) is 20.0 Å². The van der Waals surface area contributed by atoms with Crippen molar-refractivity contribution in [2.24, 2.45) is 11.0 Å². The SMILES string of the molecule is [B]c1ccc2c(S(=O)(=O)Nc3nc(C)c(C4CC4C#N)c(OC)n3)c[nH]c2c1N(/N=C\C)N(C)C. The maximum Gasteiger partial charge on any atom is 0.266 e. The zero-order valence-corrected chi connectivity index (χ0v) is 20.9. The second-order valence-corrected chi connectivity index (χ2v) is 9.98. The fraction of sp³-hybridized carbons (Fsp3) is 0.364. The Morgan fingerprint density at radius 2 is 2.11 bits per heavy atom. The van der Waals surface area contributed by atoms with E-state index in [1.807, 2.05) is 0 Å². The summed E-state index contributed by atoms with van der Waals surface area (Å²) in [6.07, 6.45) is 3.70. The van der Waals surface area contributed by atoms with Crippen LogP contribution in [0.4, 0.5) is 11.6 Å². The highest BCUT2D eigenvalue weighted by molar-refractivity contribution is 7.93. The van der Waals surface area contributed by atoms with Gasteiger partial charge in [-0.2, -0.15) is 20.5 Å². The van der Waals surface area contributed by atoms with Crippen molar-refractivity contribution in [1.29, 1.82) is 5.26 Å². The minimum atomic E-state index is -4.08. The van der Waals surface area contributed by atoms with E-state index in [1.165, 1.54) is 13.3 Å². The molecule has 0 bridgehead atoms. The van der Waals surface area contributed by atoms with Crippen molar-refractivity contribution < 1.29 is 13.2 Å². The molecule has 0 saturated heterocycles. The molecule has 2 N–H and O–H groups in total. The maximum atomic E-state index is 13.4. The summed E-state index contributed by atoms with van der Waals surface area (Å²) in [6, 6.07) is 5.50. The van der Waals surface area contributed by atoms with Gasteiger partial charge in [0.25, 0.3) is 10.0 Å². The van der Waals surface area contributed by atoms with Crippen molar-refractivity contribution in [3.8, 4) is 11.9 Å². The van der Waals surface area contributed by atoms with E-state index in [0.29, 0.717) is 34.2 Å². The number of aryl methyl sites for hydroxylation is 1. The number of methoxy groups -OCH3 is 1. The summed E-state index contributed by atoms with van der Waals surface area (Å²) in [5, 5.41) is 17.2. The molecule has 1 saturated carbocycles. The molecular formula is C22H25BN8O3S. The molecule has 1 aliphatic carbocycles. The summed E-state index contributed by atoms with van der Waals surface area (Å²) in [7, 11) is 7.19. The first-order chi connectivity index (χ1) is 16.6. The third kappa shape index (κ3) is 4.42. The standard InChI is InChI=1S/C22H25BN8O3S/c1-6-26-31(30(3)4)20-16(23)8-7-14-17(11-25-19(14)20)35(32,33)29-22-27-12(2)18(21(28-22)34-5)15-9-13(15)10-24/h6-8,11,13,15,25H,9H2,1-5H3,(H,27,28,29)/b26-6-. The molecule has 2 unspecified atom stereocenters. The molecule has 2 heterocycles. The van der Waals surface area contributed by atoms with Gasteiger partial charge in [-0.1, -0.05) is 17.6 Å². The summed E-state index contributed by atoms with van der Waals surface area (Å²) >= 11 is 0. The number of hydrogen-bond donors (Lipinski definition) is 2. The lowest BCUT2D eigenvalue weighted by Gasteiger charge is -2.27. The van der Waals surface area contributed by atoms with E-state index in [4.69, 9.17) is 12.6 Å². The first-order valence-electron chi connectivity index (χ1n) is 10.8. The number of hydrazine groups is 1. The van der Waals surface area contributed by atoms with Gasteiger partial charge >= 0.3 is 0 Å². The Kier molecular flexibility index (Phi) is 6.44. The van der Waals surface area contributed by atoms with Crippen molar-refractivity contribution in [3.63, 3.8) is 0 Å². The number of hydrogen-bond acceptors (Lipinski definition) is 9. The molecule has 3 aromatic rings. The highest BCUT2D eigenvalue weighted by Crippen LogP contribution is 2.50. The van der Waals surface area contributed by atoms with Crippen molar-refractivity contribution in [2.75, 3.05) is 31.0 Å². The number of rotatable bonds is 8. The van der Waals surface area contributed by atoms with Crippen LogP contribution in [0.1, 0.15) is 30.5 Å². The van der Waals surface area contributed by atoms with Gasteiger partial charge in [0, 0.05) is 43.4 Å². The number of sulfonamides is 1. The van der Waals surface area contributed by atoms with Crippen LogP contribution in [0.25, 0.3) is 10.9 Å². The molecule has 13 heteroatoms. The minimum Gasteiger partial charge on any atom is -0.481 e. The number of nitriles is 1. The van der Waals surface area contributed by atoms with Gasteiger partial charge in [-0.05, 0) is 20.3 Å². The number of hydrazone groups is 1. The van der Waals surface area contributed by atoms with Gasteiger partial charge in [-0.25, -0.2) is 23.1 Å². The van der Waals surface area contributed by atoms with Crippen LogP contribution in [0.2, 0.25) is 0 Å². The first-order valence-corrected chi connectivity index (χ1v) is 12.3. The van der Waals surface area contributed by atoms with Crippen molar-refractivity contribution >= 4 is 52.1 Å². The van der Waals surface area contributed by atoms with Crippen LogP contribution in [-0.4, -0.2) is 63.6 Å². The van der Waals surface area contributed by atoms with E-state index >= 15 is 0 Å². The predicted molar refractivity (Wildman–Crippen MR) is 135 cm³/mol. The van der Waals surface area contributed by atoms with Crippen molar-refractivity contribution in [3.05, 3.63) is 29.6 Å². The number of ether oxygens (including phenoxy) is 1. The Morgan fingerprint density at radius 1 is 1.37 bits per heavy atom. The fourth-order valence-corrected chi connectivity index (χ4v) is 5.21. The number of aromatic nitrogens is 3. The topological polar surface area (TPSA) is 140 Å². The van der Waals surface area contributed by atoms with Gasteiger partial charge in [0.2, 0.25) is 11.8 Å². The van der Waals surface area contributed by atoms with Crippen molar-refractivity contribution in [2.45, 2.75) is 31.1 Å². The Hall–Kier alpha value is -3.63. The van der Waals surface area contributed by atoms with Gasteiger partial charge in [0.15, 0.2) is 0 Å². The number of aromatic amines is 1. The smallest absolute Gasteiger partial charge is 0.266 e. The maximum absolute atomic E-state index is 13.4. The fourth-order valence-electron chi connectivity index (χ4n) is 4.10. The largest absolute Gasteiger partial charge is 0.481 e. The van der Waals surface area contributed by atoms with Gasteiger partial charge in [0.1, 0.15) is 12.7 Å². The van der Waals surface area contributed by atoms with Crippen LogP contribution in [-0.2, 0) is 10.0 Å². The average Bonchev–Trinajstić information content (AvgIpc) is 3.44. The highest BCUT2D eigenvalue weighted by Gasteiger charge is 2.42. The molecule has 35 heavy (non-hydrogen) atoms. The van der Waals surface area contributed by atoms with Gasteiger partial charge in [0.05, 0.1) is 36.0 Å². The number of fused-ring (bicyclic) bond motifs is 1. The summed E-state index contributed by atoms with van der Waals surface area (Å²) in [4.78, 5) is 11.6. The molecule has 2 atom stereocenters. The summed E-state index contributed by atoms with van der Waals surface area (Å²) in [6.45, 7) is 3.52. The molecule has 1 aromatic carbocycles. The lowest BCUT2D eigenvalue weighted by atomic mass is 9.93. The van der Waals surface area contributed by atoms with Gasteiger partial charge in [-0.3, -0.25) is 0 Å². The van der Waals surface area contributed by atoms with Crippen LogP contribution < -0.4 is 20.0 Å². The first kappa shape index (κ1) is 24.5. The molecule has 180 valence electrons. The number of H-pyrrole nitrogens is 1. The van der Waals surface area contributed by atoms with E-state index in [-0.39, 0.29) is 28.6 Å². The average molecular weight is 492 g/mol. The molecule has 0 aliphatic heterocycles. The lowest BCUT2D eigenvalue weighted by Crippen LogP contribution is -2.35. The molecule has 2 radical (unpaired) electrons. The Morgan fingerprint density at radius 3 is 2.71 bits per heavy atom. The van der Waals surface area contributed by atoms with Crippen LogP contribution in [0.3, 0.4) is 0 Å². The second kappa shape index (κ2) is 9.20. The Bertz CT molecular complexity index is 1460. The molecule has 11 nitrogen and oxygen atoms in total.